The molecular formula is C24H28FN3O2. The van der Waals surface area contributed by atoms with Crippen LogP contribution >= 0.6 is 0 Å². The minimum absolute atomic E-state index is 0.0977. The van der Waals surface area contributed by atoms with Crippen molar-refractivity contribution in [2.75, 3.05) is 44.7 Å². The van der Waals surface area contributed by atoms with Gasteiger partial charge in [-0.05, 0) is 50.4 Å². The normalized spacial score (nSPS) is 15.7. The molecule has 2 heterocycles. The Hall–Kier alpha value is -2.86. The molecule has 1 amide bonds. The van der Waals surface area contributed by atoms with Crippen molar-refractivity contribution >= 4 is 22.6 Å². The first-order valence-electron chi connectivity index (χ1n) is 10.5. The number of furan rings is 1. The second-order valence-corrected chi connectivity index (χ2v) is 7.94. The largest absolute Gasteiger partial charge is 0.459 e. The summed E-state index contributed by atoms with van der Waals surface area (Å²) in [5.74, 6) is 0.866. The van der Waals surface area contributed by atoms with Gasteiger partial charge in [0, 0.05) is 50.2 Å². The smallest absolute Gasteiger partial charge is 0.223 e. The van der Waals surface area contributed by atoms with E-state index < -0.39 is 0 Å². The van der Waals surface area contributed by atoms with Crippen molar-refractivity contribution in [1.29, 1.82) is 0 Å². The lowest BCUT2D eigenvalue weighted by Crippen LogP contribution is -2.49. The molecule has 3 aromatic rings. The van der Waals surface area contributed by atoms with Crippen molar-refractivity contribution in [3.63, 3.8) is 0 Å². The van der Waals surface area contributed by atoms with Crippen molar-refractivity contribution in [3.05, 3.63) is 66.2 Å². The highest BCUT2D eigenvalue weighted by atomic mass is 19.1. The molecule has 0 bridgehead atoms. The van der Waals surface area contributed by atoms with Crippen LogP contribution in [0.1, 0.15) is 25.1 Å². The Morgan fingerprint density at radius 2 is 1.80 bits per heavy atom. The first-order chi connectivity index (χ1) is 14.5. The molecule has 0 saturated carbocycles. The Morgan fingerprint density at radius 1 is 1.10 bits per heavy atom. The molecule has 30 heavy (non-hydrogen) atoms. The topological polar surface area (TPSA) is 39.9 Å². The van der Waals surface area contributed by atoms with Gasteiger partial charge in [-0.25, -0.2) is 4.39 Å². The number of benzene rings is 2. The van der Waals surface area contributed by atoms with Gasteiger partial charge in [0.1, 0.15) is 17.2 Å². The van der Waals surface area contributed by atoms with Crippen molar-refractivity contribution < 1.29 is 13.6 Å². The van der Waals surface area contributed by atoms with E-state index in [4.69, 9.17) is 4.42 Å². The van der Waals surface area contributed by atoms with Crippen LogP contribution in [0.3, 0.4) is 0 Å². The van der Waals surface area contributed by atoms with Crippen LogP contribution in [-0.4, -0.2) is 55.5 Å². The lowest BCUT2D eigenvalue weighted by atomic mass is 10.2. The van der Waals surface area contributed by atoms with Gasteiger partial charge in [-0.1, -0.05) is 18.2 Å². The molecule has 0 radical (unpaired) electrons. The lowest BCUT2D eigenvalue weighted by molar-refractivity contribution is -0.131. The van der Waals surface area contributed by atoms with E-state index in [1.54, 1.807) is 12.1 Å². The van der Waals surface area contributed by atoms with E-state index in [0.29, 0.717) is 26.1 Å². The molecule has 1 fully saturated rings. The molecule has 0 spiro atoms. The zero-order valence-electron chi connectivity index (χ0n) is 17.6. The van der Waals surface area contributed by atoms with Crippen molar-refractivity contribution in [2.45, 2.75) is 19.4 Å². The van der Waals surface area contributed by atoms with Gasteiger partial charge < -0.3 is 14.2 Å². The molecule has 158 valence electrons. The van der Waals surface area contributed by atoms with Crippen molar-refractivity contribution in [2.24, 2.45) is 0 Å². The SMILES string of the molecule is C[C@@H](c1cc2ccccc2o1)N(C)CCC(=O)N1CCN(c2ccc(F)cc2)CC1. The van der Waals surface area contributed by atoms with Crippen molar-refractivity contribution in [1.82, 2.24) is 9.80 Å². The number of halogens is 1. The van der Waals surface area contributed by atoms with Crippen LogP contribution in [0.2, 0.25) is 0 Å². The molecule has 1 saturated heterocycles. The highest BCUT2D eigenvalue weighted by Crippen LogP contribution is 2.26. The van der Waals surface area contributed by atoms with Gasteiger partial charge in [0.15, 0.2) is 0 Å². The highest BCUT2D eigenvalue weighted by Gasteiger charge is 2.23. The number of piperazine rings is 1. The molecule has 5 nitrogen and oxygen atoms in total. The van der Waals surface area contributed by atoms with Gasteiger partial charge in [0.25, 0.3) is 0 Å². The summed E-state index contributed by atoms with van der Waals surface area (Å²) >= 11 is 0. The van der Waals surface area contributed by atoms with Crippen LogP contribution in [0.15, 0.2) is 59.0 Å². The third kappa shape index (κ3) is 4.49. The molecule has 1 aliphatic heterocycles. The Labute approximate surface area is 176 Å². The van der Waals surface area contributed by atoms with Crippen molar-refractivity contribution in [3.8, 4) is 0 Å². The zero-order valence-corrected chi connectivity index (χ0v) is 17.6. The van der Waals surface area contributed by atoms with E-state index in [2.05, 4.69) is 22.8 Å². The Morgan fingerprint density at radius 3 is 2.50 bits per heavy atom. The fourth-order valence-electron chi connectivity index (χ4n) is 3.92. The average Bonchev–Trinajstić information content (AvgIpc) is 3.21. The number of hydrogen-bond donors (Lipinski definition) is 0. The maximum Gasteiger partial charge on any atom is 0.223 e. The first kappa shape index (κ1) is 20.4. The van der Waals surface area contributed by atoms with Crippen LogP contribution in [0.5, 0.6) is 0 Å². The fraction of sp³-hybridized carbons (Fsp3) is 0.375. The lowest BCUT2D eigenvalue weighted by Gasteiger charge is -2.36. The number of carbonyl (C=O) groups excluding carboxylic acids is 1. The molecule has 0 aliphatic carbocycles. The van der Waals surface area contributed by atoms with Gasteiger partial charge >= 0.3 is 0 Å². The number of carbonyl (C=O) groups is 1. The van der Waals surface area contributed by atoms with Gasteiger partial charge in [0.05, 0.1) is 6.04 Å². The molecular weight excluding hydrogens is 381 g/mol. The van der Waals surface area contributed by atoms with E-state index in [9.17, 15) is 9.18 Å². The van der Waals surface area contributed by atoms with E-state index in [1.807, 2.05) is 36.2 Å². The van der Waals surface area contributed by atoms with Crippen LogP contribution in [0.4, 0.5) is 10.1 Å². The molecule has 2 aromatic carbocycles. The molecule has 0 N–H and O–H groups in total. The second kappa shape index (κ2) is 8.88. The third-order valence-electron chi connectivity index (χ3n) is 6.02. The second-order valence-electron chi connectivity index (χ2n) is 7.94. The molecule has 4 rings (SSSR count). The Bertz CT molecular complexity index is 960. The minimum Gasteiger partial charge on any atom is -0.459 e. The van der Waals surface area contributed by atoms with Gasteiger partial charge in [-0.2, -0.15) is 0 Å². The summed E-state index contributed by atoms with van der Waals surface area (Å²) in [6, 6.07) is 16.7. The number of rotatable bonds is 6. The molecule has 0 unspecified atom stereocenters. The molecule has 6 heteroatoms. The van der Waals surface area contributed by atoms with E-state index in [-0.39, 0.29) is 17.8 Å². The number of fused-ring (bicyclic) bond motifs is 1. The van der Waals surface area contributed by atoms with E-state index in [1.165, 1.54) is 12.1 Å². The van der Waals surface area contributed by atoms with Gasteiger partial charge in [-0.3, -0.25) is 9.69 Å². The van der Waals surface area contributed by atoms with Gasteiger partial charge in [0.2, 0.25) is 5.91 Å². The van der Waals surface area contributed by atoms with E-state index >= 15 is 0 Å². The van der Waals surface area contributed by atoms with Crippen LogP contribution in [0, 0.1) is 5.82 Å². The number of hydrogen-bond acceptors (Lipinski definition) is 4. The average molecular weight is 410 g/mol. The van der Waals surface area contributed by atoms with Crippen LogP contribution < -0.4 is 4.90 Å². The predicted molar refractivity (Wildman–Crippen MR) is 117 cm³/mol. The summed E-state index contributed by atoms with van der Waals surface area (Å²) in [5.41, 5.74) is 1.89. The highest BCUT2D eigenvalue weighted by molar-refractivity contribution is 5.78. The molecule has 1 aromatic heterocycles. The Kier molecular flexibility index (Phi) is 6.04. The number of para-hydroxylation sites is 1. The standard InChI is InChI=1S/C24H28FN3O2/c1-18(23-17-19-5-3-4-6-22(19)30-23)26(2)12-11-24(29)28-15-13-27(14-16-28)21-9-7-20(25)8-10-21/h3-10,17-18H,11-16H2,1-2H3/t18-/m0/s1. The molecule has 1 aliphatic rings. The van der Waals surface area contributed by atoms with Crippen LogP contribution in [0.25, 0.3) is 11.0 Å². The number of anilines is 1. The maximum absolute atomic E-state index is 13.1. The predicted octanol–water partition coefficient (Wildman–Crippen LogP) is 4.30. The van der Waals surface area contributed by atoms with Gasteiger partial charge in [-0.15, -0.1) is 0 Å². The minimum atomic E-state index is -0.228. The first-order valence-corrected chi connectivity index (χ1v) is 10.5. The van der Waals surface area contributed by atoms with E-state index in [0.717, 1.165) is 35.5 Å². The van der Waals surface area contributed by atoms with Crippen LogP contribution in [-0.2, 0) is 4.79 Å². The maximum atomic E-state index is 13.1. The summed E-state index contributed by atoms with van der Waals surface area (Å²) in [4.78, 5) is 19.0. The summed E-state index contributed by atoms with van der Waals surface area (Å²) < 4.78 is 19.1. The summed E-state index contributed by atoms with van der Waals surface area (Å²) in [5, 5.41) is 1.10. The molecule has 1 atom stereocenters. The summed E-state index contributed by atoms with van der Waals surface area (Å²) in [6.45, 7) is 5.70. The zero-order chi connectivity index (χ0) is 21.1. The number of nitrogens with zero attached hydrogens (tertiary/aromatic N) is 3. The Balaban J connectivity index is 1.26. The fourth-order valence-corrected chi connectivity index (χ4v) is 3.92. The summed E-state index contributed by atoms with van der Waals surface area (Å²) in [7, 11) is 2.03. The summed E-state index contributed by atoms with van der Waals surface area (Å²) in [6.07, 6.45) is 0.484. The quantitative estimate of drug-likeness (QED) is 0.609. The monoisotopic (exact) mass is 409 g/mol. The third-order valence-corrected chi connectivity index (χ3v) is 6.02. The number of amides is 1.